The average molecular weight is 236 g/mol. The maximum atomic E-state index is 12.0. The summed E-state index contributed by atoms with van der Waals surface area (Å²) in [5.41, 5.74) is 2.02. The Morgan fingerprint density at radius 3 is 2.88 bits per heavy atom. The van der Waals surface area contributed by atoms with Crippen LogP contribution in [0.4, 0.5) is 0 Å². The highest BCUT2D eigenvalue weighted by Crippen LogP contribution is 2.21. The van der Waals surface area contributed by atoms with Crippen LogP contribution < -0.4 is 0 Å². The zero-order chi connectivity index (χ0) is 12.4. The standard InChI is InChI=1S/C13H20N2O2/c1-4-10-7-11(15(3)14-10)8-12(16)13-6-5-9(2)17-13/h7,9,13H,4-6,8H2,1-3H3. The largest absolute Gasteiger partial charge is 0.367 e. The van der Waals surface area contributed by atoms with Gasteiger partial charge in [-0.25, -0.2) is 0 Å². The highest BCUT2D eigenvalue weighted by atomic mass is 16.5. The van der Waals surface area contributed by atoms with Gasteiger partial charge in [0, 0.05) is 12.7 Å². The van der Waals surface area contributed by atoms with Gasteiger partial charge in [0.15, 0.2) is 5.78 Å². The quantitative estimate of drug-likeness (QED) is 0.798. The van der Waals surface area contributed by atoms with Crippen LogP contribution in [0.25, 0.3) is 0 Å². The van der Waals surface area contributed by atoms with Crippen molar-refractivity contribution in [2.24, 2.45) is 7.05 Å². The Kier molecular flexibility index (Phi) is 3.62. The summed E-state index contributed by atoms with van der Waals surface area (Å²) in [6, 6.07) is 2.01. The zero-order valence-electron chi connectivity index (χ0n) is 10.8. The molecule has 2 unspecified atom stereocenters. The number of rotatable bonds is 4. The highest BCUT2D eigenvalue weighted by molar-refractivity contribution is 5.85. The molecule has 1 fully saturated rings. The maximum Gasteiger partial charge on any atom is 0.167 e. The minimum atomic E-state index is -0.204. The Bertz CT molecular complexity index is 412. The van der Waals surface area contributed by atoms with E-state index in [1.807, 2.05) is 20.0 Å². The number of hydrogen-bond acceptors (Lipinski definition) is 3. The van der Waals surface area contributed by atoms with Gasteiger partial charge < -0.3 is 4.74 Å². The number of ketones is 1. The lowest BCUT2D eigenvalue weighted by Crippen LogP contribution is -2.23. The summed E-state index contributed by atoms with van der Waals surface area (Å²) < 4.78 is 7.39. The van der Waals surface area contributed by atoms with E-state index in [1.165, 1.54) is 0 Å². The molecule has 1 aliphatic heterocycles. The second kappa shape index (κ2) is 5.00. The lowest BCUT2D eigenvalue weighted by molar-refractivity contribution is -0.128. The van der Waals surface area contributed by atoms with Crippen molar-refractivity contribution in [1.82, 2.24) is 9.78 Å². The van der Waals surface area contributed by atoms with E-state index in [9.17, 15) is 4.79 Å². The van der Waals surface area contributed by atoms with E-state index in [-0.39, 0.29) is 18.0 Å². The van der Waals surface area contributed by atoms with Gasteiger partial charge in [-0.3, -0.25) is 9.48 Å². The molecule has 0 saturated carbocycles. The lowest BCUT2D eigenvalue weighted by atomic mass is 10.1. The van der Waals surface area contributed by atoms with Crippen molar-refractivity contribution in [1.29, 1.82) is 0 Å². The Hall–Kier alpha value is -1.16. The van der Waals surface area contributed by atoms with E-state index in [1.54, 1.807) is 4.68 Å². The molecule has 2 atom stereocenters. The minimum absolute atomic E-state index is 0.181. The molecule has 1 saturated heterocycles. The van der Waals surface area contributed by atoms with Crippen LogP contribution in [0.3, 0.4) is 0 Å². The summed E-state index contributed by atoms with van der Waals surface area (Å²) >= 11 is 0. The zero-order valence-corrected chi connectivity index (χ0v) is 10.8. The van der Waals surface area contributed by atoms with Crippen molar-refractivity contribution < 1.29 is 9.53 Å². The van der Waals surface area contributed by atoms with Gasteiger partial charge in [-0.1, -0.05) is 6.92 Å². The number of nitrogens with zero attached hydrogens (tertiary/aromatic N) is 2. The Morgan fingerprint density at radius 1 is 1.59 bits per heavy atom. The van der Waals surface area contributed by atoms with Gasteiger partial charge in [0.2, 0.25) is 0 Å². The van der Waals surface area contributed by atoms with Crippen molar-refractivity contribution in [3.8, 4) is 0 Å². The summed E-state index contributed by atoms with van der Waals surface area (Å²) in [6.45, 7) is 4.09. The summed E-state index contributed by atoms with van der Waals surface area (Å²) in [5.74, 6) is 0.181. The summed E-state index contributed by atoms with van der Waals surface area (Å²) in [7, 11) is 1.89. The number of ether oxygens (including phenoxy) is 1. The number of carbonyl (C=O) groups excluding carboxylic acids is 1. The number of aryl methyl sites for hydroxylation is 2. The van der Waals surface area contributed by atoms with E-state index in [0.29, 0.717) is 6.42 Å². The first-order valence-electron chi connectivity index (χ1n) is 6.30. The first-order chi connectivity index (χ1) is 8.10. The molecular formula is C13H20N2O2. The van der Waals surface area contributed by atoms with Gasteiger partial charge in [0.1, 0.15) is 6.10 Å². The molecule has 0 amide bonds. The number of Topliss-reactive ketones (excluding diaryl/α,β-unsaturated/α-hetero) is 1. The molecule has 94 valence electrons. The molecule has 2 heterocycles. The van der Waals surface area contributed by atoms with Crippen molar-refractivity contribution >= 4 is 5.78 Å². The Labute approximate surface area is 102 Å². The SMILES string of the molecule is CCc1cc(CC(=O)C2CCC(C)O2)n(C)n1. The molecule has 0 spiro atoms. The number of hydrogen-bond donors (Lipinski definition) is 0. The van der Waals surface area contributed by atoms with Crippen LogP contribution in [-0.4, -0.2) is 27.8 Å². The summed E-state index contributed by atoms with van der Waals surface area (Å²) in [5, 5.41) is 4.35. The fourth-order valence-electron chi connectivity index (χ4n) is 2.24. The first kappa shape index (κ1) is 12.3. The van der Waals surface area contributed by atoms with Gasteiger partial charge in [0.05, 0.1) is 18.2 Å². The number of aromatic nitrogens is 2. The molecule has 2 rings (SSSR count). The molecule has 4 nitrogen and oxygen atoms in total. The molecule has 1 aliphatic rings. The molecule has 0 N–H and O–H groups in total. The minimum Gasteiger partial charge on any atom is -0.367 e. The Morgan fingerprint density at radius 2 is 2.35 bits per heavy atom. The van der Waals surface area contributed by atoms with Crippen LogP contribution in [0.1, 0.15) is 38.1 Å². The highest BCUT2D eigenvalue weighted by Gasteiger charge is 2.28. The summed E-state index contributed by atoms with van der Waals surface area (Å²) in [6.07, 6.45) is 3.20. The van der Waals surface area contributed by atoms with Gasteiger partial charge in [-0.05, 0) is 32.3 Å². The van der Waals surface area contributed by atoms with Crippen LogP contribution in [0.5, 0.6) is 0 Å². The third-order valence-corrected chi connectivity index (χ3v) is 3.34. The first-order valence-corrected chi connectivity index (χ1v) is 6.30. The predicted octanol–water partition coefficient (Wildman–Crippen LogP) is 1.66. The fourth-order valence-corrected chi connectivity index (χ4v) is 2.24. The van der Waals surface area contributed by atoms with E-state index in [2.05, 4.69) is 12.0 Å². The average Bonchev–Trinajstić information content (AvgIpc) is 2.86. The van der Waals surface area contributed by atoms with Crippen LogP contribution in [0, 0.1) is 0 Å². The van der Waals surface area contributed by atoms with Gasteiger partial charge in [-0.2, -0.15) is 5.10 Å². The van der Waals surface area contributed by atoms with Gasteiger partial charge in [0.25, 0.3) is 0 Å². The van der Waals surface area contributed by atoms with Crippen LogP contribution in [0.15, 0.2) is 6.07 Å². The van der Waals surface area contributed by atoms with Crippen LogP contribution in [0.2, 0.25) is 0 Å². The second-order valence-electron chi connectivity index (χ2n) is 4.76. The predicted molar refractivity (Wildman–Crippen MR) is 64.9 cm³/mol. The molecule has 1 aromatic rings. The van der Waals surface area contributed by atoms with Crippen molar-refractivity contribution in [2.45, 2.75) is 51.7 Å². The smallest absolute Gasteiger partial charge is 0.167 e. The maximum absolute atomic E-state index is 12.0. The lowest BCUT2D eigenvalue weighted by Gasteiger charge is -2.09. The molecule has 0 radical (unpaired) electrons. The van der Waals surface area contributed by atoms with E-state index < -0.39 is 0 Å². The third-order valence-electron chi connectivity index (χ3n) is 3.34. The molecule has 0 aliphatic carbocycles. The van der Waals surface area contributed by atoms with E-state index in [0.717, 1.165) is 30.7 Å². The Balaban J connectivity index is 2.00. The number of carbonyl (C=O) groups is 1. The monoisotopic (exact) mass is 236 g/mol. The van der Waals surface area contributed by atoms with Crippen molar-refractivity contribution in [3.63, 3.8) is 0 Å². The molecule has 0 bridgehead atoms. The van der Waals surface area contributed by atoms with Gasteiger partial charge >= 0.3 is 0 Å². The fraction of sp³-hybridized carbons (Fsp3) is 0.692. The topological polar surface area (TPSA) is 44.1 Å². The molecule has 1 aromatic heterocycles. The van der Waals surface area contributed by atoms with Crippen molar-refractivity contribution in [3.05, 3.63) is 17.5 Å². The normalized spacial score (nSPS) is 24.2. The molecule has 17 heavy (non-hydrogen) atoms. The van der Waals surface area contributed by atoms with E-state index >= 15 is 0 Å². The molecule has 4 heteroatoms. The molecule has 0 aromatic carbocycles. The second-order valence-corrected chi connectivity index (χ2v) is 4.76. The van der Waals surface area contributed by atoms with Crippen LogP contribution >= 0.6 is 0 Å². The summed E-state index contributed by atoms with van der Waals surface area (Å²) in [4.78, 5) is 12.0. The van der Waals surface area contributed by atoms with Crippen LogP contribution in [-0.2, 0) is 29.4 Å². The van der Waals surface area contributed by atoms with Gasteiger partial charge in [-0.15, -0.1) is 0 Å². The van der Waals surface area contributed by atoms with E-state index in [4.69, 9.17) is 4.74 Å². The third kappa shape index (κ3) is 2.75. The van der Waals surface area contributed by atoms with Crippen molar-refractivity contribution in [2.75, 3.05) is 0 Å². The molecular weight excluding hydrogens is 216 g/mol.